The third kappa shape index (κ3) is 4.25. The van der Waals surface area contributed by atoms with Crippen molar-refractivity contribution in [2.75, 3.05) is 11.9 Å². The second-order valence-corrected chi connectivity index (χ2v) is 5.16. The van der Waals surface area contributed by atoms with Crippen LogP contribution in [-0.2, 0) is 11.3 Å². The number of aryl methyl sites for hydroxylation is 1. The van der Waals surface area contributed by atoms with Gasteiger partial charge < -0.3 is 20.3 Å². The van der Waals surface area contributed by atoms with Gasteiger partial charge in [0, 0.05) is 31.4 Å². The Morgan fingerprint density at radius 1 is 1.27 bits per heavy atom. The van der Waals surface area contributed by atoms with Crippen molar-refractivity contribution in [3.8, 4) is 0 Å². The molecule has 118 valence electrons. The van der Waals surface area contributed by atoms with E-state index in [2.05, 4.69) is 28.2 Å². The summed E-state index contributed by atoms with van der Waals surface area (Å²) in [6.45, 7) is 3.40. The van der Waals surface area contributed by atoms with Crippen molar-refractivity contribution in [2.24, 2.45) is 0 Å². The van der Waals surface area contributed by atoms with Crippen LogP contribution in [0.4, 0.5) is 10.5 Å². The van der Waals surface area contributed by atoms with E-state index < -0.39 is 5.97 Å². The van der Waals surface area contributed by atoms with Crippen molar-refractivity contribution in [3.05, 3.63) is 30.5 Å². The van der Waals surface area contributed by atoms with E-state index in [1.54, 1.807) is 0 Å². The van der Waals surface area contributed by atoms with E-state index in [-0.39, 0.29) is 12.5 Å². The van der Waals surface area contributed by atoms with Crippen LogP contribution in [0.15, 0.2) is 30.5 Å². The van der Waals surface area contributed by atoms with Crippen molar-refractivity contribution < 1.29 is 14.7 Å². The number of fused-ring (bicyclic) bond motifs is 1. The predicted octanol–water partition coefficient (Wildman–Crippen LogP) is 3.04. The lowest BCUT2D eigenvalue weighted by atomic mass is 10.2. The molecule has 0 bridgehead atoms. The van der Waals surface area contributed by atoms with Crippen molar-refractivity contribution in [1.29, 1.82) is 0 Å². The highest BCUT2D eigenvalue weighted by atomic mass is 16.4. The fraction of sp³-hybridized carbons (Fsp3) is 0.375. The van der Waals surface area contributed by atoms with Gasteiger partial charge >= 0.3 is 12.0 Å². The van der Waals surface area contributed by atoms with Crippen molar-refractivity contribution >= 4 is 28.6 Å². The first-order valence-electron chi connectivity index (χ1n) is 7.45. The molecule has 22 heavy (non-hydrogen) atoms. The number of carboxylic acids is 1. The summed E-state index contributed by atoms with van der Waals surface area (Å²) < 4.78 is 2.16. The third-order valence-electron chi connectivity index (χ3n) is 3.35. The summed E-state index contributed by atoms with van der Waals surface area (Å²) in [5.41, 5.74) is 1.81. The van der Waals surface area contributed by atoms with Crippen LogP contribution in [0.1, 0.15) is 26.2 Å². The zero-order valence-electron chi connectivity index (χ0n) is 12.6. The van der Waals surface area contributed by atoms with Gasteiger partial charge in [0.25, 0.3) is 0 Å². The van der Waals surface area contributed by atoms with Gasteiger partial charge in [0.2, 0.25) is 0 Å². The molecular weight excluding hydrogens is 282 g/mol. The number of hydrogen-bond donors (Lipinski definition) is 3. The number of urea groups is 1. The molecule has 0 atom stereocenters. The lowest BCUT2D eigenvalue weighted by Crippen LogP contribution is -2.29. The number of benzene rings is 1. The number of aromatic nitrogens is 1. The molecule has 2 aromatic rings. The van der Waals surface area contributed by atoms with E-state index in [0.717, 1.165) is 29.6 Å². The van der Waals surface area contributed by atoms with Crippen LogP contribution in [0.25, 0.3) is 10.9 Å². The molecule has 0 saturated heterocycles. The van der Waals surface area contributed by atoms with Crippen LogP contribution in [0.5, 0.6) is 0 Å². The van der Waals surface area contributed by atoms with Crippen LogP contribution in [0.2, 0.25) is 0 Å². The smallest absolute Gasteiger partial charge is 0.319 e. The fourth-order valence-corrected chi connectivity index (χ4v) is 2.31. The topological polar surface area (TPSA) is 83.4 Å². The molecule has 0 fully saturated rings. The Kier molecular flexibility index (Phi) is 5.41. The predicted molar refractivity (Wildman–Crippen MR) is 86.1 cm³/mol. The van der Waals surface area contributed by atoms with E-state index >= 15 is 0 Å². The molecule has 1 aromatic carbocycles. The summed E-state index contributed by atoms with van der Waals surface area (Å²) >= 11 is 0. The van der Waals surface area contributed by atoms with Crippen LogP contribution in [0, 0.1) is 0 Å². The number of aliphatic carboxylic acids is 1. The molecule has 0 aliphatic rings. The highest BCUT2D eigenvalue weighted by Gasteiger charge is 2.05. The van der Waals surface area contributed by atoms with Crippen LogP contribution in [0.3, 0.4) is 0 Å². The normalized spacial score (nSPS) is 10.6. The molecule has 0 saturated carbocycles. The summed E-state index contributed by atoms with van der Waals surface area (Å²) in [7, 11) is 0. The number of amides is 2. The summed E-state index contributed by atoms with van der Waals surface area (Å²) in [6.07, 6.45) is 3.56. The summed E-state index contributed by atoms with van der Waals surface area (Å²) in [4.78, 5) is 22.2. The zero-order valence-corrected chi connectivity index (χ0v) is 12.6. The molecule has 3 N–H and O–H groups in total. The average Bonchev–Trinajstić information content (AvgIpc) is 2.87. The monoisotopic (exact) mass is 303 g/mol. The Morgan fingerprint density at radius 2 is 2.09 bits per heavy atom. The van der Waals surface area contributed by atoms with Crippen LogP contribution < -0.4 is 10.6 Å². The van der Waals surface area contributed by atoms with Crippen molar-refractivity contribution in [1.82, 2.24) is 9.88 Å². The second-order valence-electron chi connectivity index (χ2n) is 5.16. The molecular formula is C16H21N3O3. The SMILES string of the molecule is CCCn1ccc2ccc(NC(=O)NCCCC(=O)O)cc21. The fourth-order valence-electron chi connectivity index (χ4n) is 2.31. The number of carboxylic acid groups (broad SMARTS) is 1. The first kappa shape index (κ1) is 15.9. The van der Waals surface area contributed by atoms with Gasteiger partial charge in [0.15, 0.2) is 0 Å². The number of hydrogen-bond acceptors (Lipinski definition) is 2. The molecule has 2 amide bonds. The number of anilines is 1. The molecule has 6 nitrogen and oxygen atoms in total. The molecule has 0 radical (unpaired) electrons. The second kappa shape index (κ2) is 7.49. The maximum atomic E-state index is 11.8. The molecule has 1 aromatic heterocycles. The summed E-state index contributed by atoms with van der Waals surface area (Å²) in [5, 5.41) is 15.1. The summed E-state index contributed by atoms with van der Waals surface area (Å²) in [6, 6.07) is 7.51. The van der Waals surface area contributed by atoms with E-state index in [9.17, 15) is 9.59 Å². The zero-order chi connectivity index (χ0) is 15.9. The first-order chi connectivity index (χ1) is 10.6. The number of carbonyl (C=O) groups is 2. The van der Waals surface area contributed by atoms with Crippen molar-refractivity contribution in [2.45, 2.75) is 32.7 Å². The highest BCUT2D eigenvalue weighted by molar-refractivity contribution is 5.92. The molecule has 0 spiro atoms. The molecule has 6 heteroatoms. The van der Waals surface area contributed by atoms with Gasteiger partial charge in [-0.05, 0) is 36.4 Å². The number of nitrogens with one attached hydrogen (secondary N) is 2. The van der Waals surface area contributed by atoms with Gasteiger partial charge in [0.05, 0.1) is 5.52 Å². The molecule has 0 aliphatic carbocycles. The average molecular weight is 303 g/mol. The maximum absolute atomic E-state index is 11.8. The Morgan fingerprint density at radius 3 is 2.82 bits per heavy atom. The minimum absolute atomic E-state index is 0.0524. The first-order valence-corrected chi connectivity index (χ1v) is 7.45. The van der Waals surface area contributed by atoms with E-state index in [0.29, 0.717) is 13.0 Å². The number of carbonyl (C=O) groups excluding carboxylic acids is 1. The van der Waals surface area contributed by atoms with Gasteiger partial charge in [-0.25, -0.2) is 4.79 Å². The molecule has 0 aliphatic heterocycles. The Balaban J connectivity index is 1.94. The Bertz CT molecular complexity index is 664. The summed E-state index contributed by atoms with van der Waals surface area (Å²) in [5.74, 6) is -0.857. The molecule has 0 unspecified atom stereocenters. The minimum Gasteiger partial charge on any atom is -0.481 e. The van der Waals surface area contributed by atoms with Gasteiger partial charge in [-0.1, -0.05) is 13.0 Å². The van der Waals surface area contributed by atoms with Gasteiger partial charge in [-0.3, -0.25) is 4.79 Å². The lowest BCUT2D eigenvalue weighted by Gasteiger charge is -2.09. The van der Waals surface area contributed by atoms with Crippen LogP contribution in [-0.4, -0.2) is 28.2 Å². The van der Waals surface area contributed by atoms with Gasteiger partial charge in [-0.2, -0.15) is 0 Å². The van der Waals surface area contributed by atoms with Gasteiger partial charge in [0.1, 0.15) is 0 Å². The lowest BCUT2D eigenvalue weighted by molar-refractivity contribution is -0.137. The van der Waals surface area contributed by atoms with E-state index in [4.69, 9.17) is 5.11 Å². The minimum atomic E-state index is -0.857. The van der Waals surface area contributed by atoms with Crippen molar-refractivity contribution in [3.63, 3.8) is 0 Å². The van der Waals surface area contributed by atoms with Gasteiger partial charge in [-0.15, -0.1) is 0 Å². The maximum Gasteiger partial charge on any atom is 0.319 e. The highest BCUT2D eigenvalue weighted by Crippen LogP contribution is 2.20. The standard InChI is InChI=1S/C16H21N3O3/c1-2-9-19-10-7-12-5-6-13(11-14(12)19)18-16(22)17-8-3-4-15(20)21/h5-7,10-11H,2-4,8-9H2,1H3,(H,20,21)(H2,17,18,22). The van der Waals surface area contributed by atoms with E-state index in [1.165, 1.54) is 0 Å². The van der Waals surface area contributed by atoms with Crippen LogP contribution >= 0.6 is 0 Å². The molecule has 2 rings (SSSR count). The van der Waals surface area contributed by atoms with E-state index in [1.807, 2.05) is 24.4 Å². The Labute approximate surface area is 129 Å². The largest absolute Gasteiger partial charge is 0.481 e. The third-order valence-corrected chi connectivity index (χ3v) is 3.35. The number of rotatable bonds is 7. The molecule has 1 heterocycles. The quantitative estimate of drug-likeness (QED) is 0.687. The Hall–Kier alpha value is -2.50. The number of nitrogens with zero attached hydrogens (tertiary/aromatic N) is 1.